The third-order valence-corrected chi connectivity index (χ3v) is 8.77. The lowest BCUT2D eigenvalue weighted by Gasteiger charge is -2.55. The first-order valence-corrected chi connectivity index (χ1v) is 12.6. The van der Waals surface area contributed by atoms with Crippen molar-refractivity contribution in [3.05, 3.63) is 36.0 Å². The van der Waals surface area contributed by atoms with Crippen LogP contribution in [-0.4, -0.2) is 52.4 Å². The molecule has 5 nitrogen and oxygen atoms in total. The molecule has 5 heteroatoms. The highest BCUT2D eigenvalue weighted by molar-refractivity contribution is 6.45. The van der Waals surface area contributed by atoms with Crippen molar-refractivity contribution in [1.29, 1.82) is 0 Å². The van der Waals surface area contributed by atoms with E-state index < -0.39 is 5.78 Å². The molecule has 0 N–H and O–H groups in total. The summed E-state index contributed by atoms with van der Waals surface area (Å²) in [5.41, 5.74) is 1.62. The van der Waals surface area contributed by atoms with E-state index in [4.69, 9.17) is 4.74 Å². The van der Waals surface area contributed by atoms with E-state index >= 15 is 0 Å². The topological polar surface area (TPSA) is 51.5 Å². The summed E-state index contributed by atoms with van der Waals surface area (Å²) in [6.45, 7) is 3.00. The van der Waals surface area contributed by atoms with Crippen LogP contribution in [0.4, 0.5) is 0 Å². The summed E-state index contributed by atoms with van der Waals surface area (Å²) in [5.74, 6) is 1.09. The summed E-state index contributed by atoms with van der Waals surface area (Å²) in [6.07, 6.45) is 12.5. The minimum atomic E-state index is -0.393. The van der Waals surface area contributed by atoms with Gasteiger partial charge in [-0.1, -0.05) is 37.5 Å². The lowest BCUT2D eigenvalue weighted by Crippen LogP contribution is -2.61. The molecule has 170 valence electrons. The third kappa shape index (κ3) is 3.45. The van der Waals surface area contributed by atoms with Crippen LogP contribution in [0.1, 0.15) is 74.7 Å². The van der Waals surface area contributed by atoms with Crippen molar-refractivity contribution in [3.63, 3.8) is 0 Å². The van der Waals surface area contributed by atoms with Gasteiger partial charge in [0.25, 0.3) is 0 Å². The minimum absolute atomic E-state index is 0.339. The van der Waals surface area contributed by atoms with Crippen LogP contribution in [0, 0.1) is 11.8 Å². The molecule has 4 aliphatic rings. The SMILES string of the molecule is CC(=O)C(=O)c1cn(C2C[C@H]3COC[C@@H](C2)N3C2C[C@H]3CCC[C@@H](C2)C3)c2ccccc12. The molecule has 6 rings (SSSR count). The fourth-order valence-electron chi connectivity index (χ4n) is 7.55. The van der Waals surface area contributed by atoms with Crippen molar-refractivity contribution in [1.82, 2.24) is 9.47 Å². The van der Waals surface area contributed by atoms with E-state index in [0.29, 0.717) is 23.7 Å². The van der Waals surface area contributed by atoms with Gasteiger partial charge in [0.2, 0.25) is 5.78 Å². The molecule has 2 saturated heterocycles. The molecule has 2 aliphatic carbocycles. The molecule has 2 unspecified atom stereocenters. The molecule has 1 aromatic carbocycles. The molecule has 32 heavy (non-hydrogen) atoms. The number of aromatic nitrogens is 1. The summed E-state index contributed by atoms with van der Waals surface area (Å²) in [4.78, 5) is 27.3. The van der Waals surface area contributed by atoms with E-state index in [1.807, 2.05) is 24.4 Å². The molecule has 6 atom stereocenters. The van der Waals surface area contributed by atoms with E-state index in [9.17, 15) is 9.59 Å². The second kappa shape index (κ2) is 8.11. The maximum Gasteiger partial charge on any atom is 0.230 e. The Balaban J connectivity index is 1.30. The molecule has 4 bridgehead atoms. The first kappa shape index (κ1) is 20.6. The number of ether oxygens (including phenoxy) is 1. The molecule has 2 aliphatic heterocycles. The smallest absolute Gasteiger partial charge is 0.230 e. The van der Waals surface area contributed by atoms with Crippen molar-refractivity contribution in [2.24, 2.45) is 11.8 Å². The van der Waals surface area contributed by atoms with Gasteiger partial charge < -0.3 is 9.30 Å². The van der Waals surface area contributed by atoms with Crippen LogP contribution in [-0.2, 0) is 9.53 Å². The van der Waals surface area contributed by atoms with Gasteiger partial charge in [-0.05, 0) is 50.0 Å². The van der Waals surface area contributed by atoms with Crippen LogP contribution in [0.25, 0.3) is 10.9 Å². The number of carbonyl (C=O) groups is 2. The Kier molecular flexibility index (Phi) is 5.22. The van der Waals surface area contributed by atoms with Gasteiger partial charge in [-0.15, -0.1) is 0 Å². The van der Waals surface area contributed by atoms with E-state index in [2.05, 4.69) is 15.5 Å². The van der Waals surface area contributed by atoms with Crippen molar-refractivity contribution >= 4 is 22.5 Å². The number of fused-ring (bicyclic) bond motifs is 5. The number of hydrogen-bond donors (Lipinski definition) is 0. The zero-order valence-electron chi connectivity index (χ0n) is 19.0. The van der Waals surface area contributed by atoms with E-state index in [-0.39, 0.29) is 5.78 Å². The predicted octanol–water partition coefficient (Wildman–Crippen LogP) is 4.79. The average molecular weight is 435 g/mol. The lowest BCUT2D eigenvalue weighted by atomic mass is 9.69. The molecular weight excluding hydrogens is 400 g/mol. The summed E-state index contributed by atoms with van der Waals surface area (Å²) in [7, 11) is 0. The lowest BCUT2D eigenvalue weighted by molar-refractivity contribution is -0.118. The number of morpholine rings is 1. The Morgan fingerprint density at radius 1 is 0.875 bits per heavy atom. The van der Waals surface area contributed by atoms with Gasteiger partial charge in [0, 0.05) is 48.2 Å². The van der Waals surface area contributed by atoms with Crippen molar-refractivity contribution in [2.75, 3.05) is 13.2 Å². The number of nitrogens with zero attached hydrogens (tertiary/aromatic N) is 2. The predicted molar refractivity (Wildman–Crippen MR) is 124 cm³/mol. The monoisotopic (exact) mass is 434 g/mol. The Morgan fingerprint density at radius 2 is 1.56 bits per heavy atom. The Morgan fingerprint density at radius 3 is 2.25 bits per heavy atom. The Labute approximate surface area is 190 Å². The number of ketones is 2. The highest BCUT2D eigenvalue weighted by Gasteiger charge is 2.45. The van der Waals surface area contributed by atoms with Crippen LogP contribution in [0.2, 0.25) is 0 Å². The van der Waals surface area contributed by atoms with Crippen LogP contribution < -0.4 is 0 Å². The molecule has 1 aromatic heterocycles. The fourth-order valence-corrected chi connectivity index (χ4v) is 7.55. The zero-order chi connectivity index (χ0) is 21.8. The highest BCUT2D eigenvalue weighted by Crippen LogP contribution is 2.46. The number of carbonyl (C=O) groups excluding carboxylic acids is 2. The van der Waals surface area contributed by atoms with Crippen molar-refractivity contribution < 1.29 is 14.3 Å². The summed E-state index contributed by atoms with van der Waals surface area (Å²) >= 11 is 0. The number of Topliss-reactive ketones (excluding diaryl/α,β-unsaturated/α-hetero) is 2. The van der Waals surface area contributed by atoms with Gasteiger partial charge in [-0.25, -0.2) is 0 Å². The van der Waals surface area contributed by atoms with E-state index in [1.54, 1.807) is 0 Å². The van der Waals surface area contributed by atoms with Gasteiger partial charge in [0.1, 0.15) is 0 Å². The molecule has 2 saturated carbocycles. The Bertz CT molecular complexity index is 1020. The van der Waals surface area contributed by atoms with Crippen LogP contribution in [0.5, 0.6) is 0 Å². The van der Waals surface area contributed by atoms with Crippen molar-refractivity contribution in [3.8, 4) is 0 Å². The number of rotatable bonds is 4. The van der Waals surface area contributed by atoms with E-state index in [0.717, 1.165) is 54.8 Å². The first-order chi connectivity index (χ1) is 15.6. The zero-order valence-corrected chi connectivity index (χ0v) is 19.0. The van der Waals surface area contributed by atoms with Gasteiger partial charge in [0.15, 0.2) is 5.78 Å². The standard InChI is InChI=1S/C27H34N2O3/c1-17(30)27(31)25-14-28(26-8-3-2-7-24(25)26)20-12-22-15-32-16-23(13-20)29(22)21-10-18-5-4-6-19(9-18)11-21/h2-3,7-8,14,18-23H,4-6,9-13,15-16H2,1H3/t18-,19+,20?,21?,22-,23+. The number of hydrogen-bond acceptors (Lipinski definition) is 4. The van der Waals surface area contributed by atoms with Gasteiger partial charge >= 0.3 is 0 Å². The average Bonchev–Trinajstić information content (AvgIpc) is 3.17. The largest absolute Gasteiger partial charge is 0.378 e. The number of para-hydroxylation sites is 1. The normalized spacial score (nSPS) is 35.0. The van der Waals surface area contributed by atoms with Crippen LogP contribution in [0.3, 0.4) is 0 Å². The molecule has 0 amide bonds. The quantitative estimate of drug-likeness (QED) is 0.513. The maximum absolute atomic E-state index is 12.6. The Hall–Kier alpha value is -1.98. The minimum Gasteiger partial charge on any atom is -0.378 e. The van der Waals surface area contributed by atoms with Crippen LogP contribution in [0.15, 0.2) is 30.5 Å². The molecule has 0 spiro atoms. The number of piperidine rings is 1. The fraction of sp³-hybridized carbons (Fsp3) is 0.630. The molecular formula is C27H34N2O3. The molecule has 4 fully saturated rings. The molecule has 0 radical (unpaired) electrons. The first-order valence-electron chi connectivity index (χ1n) is 12.6. The highest BCUT2D eigenvalue weighted by atomic mass is 16.5. The maximum atomic E-state index is 12.6. The summed E-state index contributed by atoms with van der Waals surface area (Å²) in [5, 5.41) is 0.900. The second-order valence-corrected chi connectivity index (χ2v) is 10.8. The van der Waals surface area contributed by atoms with Gasteiger partial charge in [-0.3, -0.25) is 14.5 Å². The second-order valence-electron chi connectivity index (χ2n) is 10.8. The third-order valence-electron chi connectivity index (χ3n) is 8.77. The molecule has 2 aromatic rings. The molecule has 3 heterocycles. The van der Waals surface area contributed by atoms with Gasteiger partial charge in [0.05, 0.1) is 18.8 Å². The summed E-state index contributed by atoms with van der Waals surface area (Å²) in [6, 6.07) is 10.0. The number of benzene rings is 1. The van der Waals surface area contributed by atoms with Gasteiger partial charge in [-0.2, -0.15) is 0 Å². The van der Waals surface area contributed by atoms with Crippen molar-refractivity contribution in [2.45, 2.75) is 82.5 Å². The summed E-state index contributed by atoms with van der Waals surface area (Å²) < 4.78 is 8.34. The van der Waals surface area contributed by atoms with Crippen LogP contribution >= 0.6 is 0 Å². The van der Waals surface area contributed by atoms with E-state index in [1.165, 1.54) is 45.4 Å².